The largest absolute Gasteiger partial charge is 0.477 e. The molecule has 1 amide bonds. The van der Waals surface area contributed by atoms with E-state index in [4.69, 9.17) is 0 Å². The first-order valence-corrected chi connectivity index (χ1v) is 7.14. The van der Waals surface area contributed by atoms with Crippen LogP contribution in [0.5, 0.6) is 0 Å². The molecule has 0 aromatic rings. The number of nitrogens with zero attached hydrogens (tertiary/aromatic N) is 1. The molecular weight excluding hydrogens is 254 g/mol. The van der Waals surface area contributed by atoms with Crippen LogP contribution in [0.3, 0.4) is 0 Å². The molecule has 0 bridgehead atoms. The highest BCUT2D eigenvalue weighted by atomic mass is 32.2. The number of carboxylic acids is 1. The Kier molecular flexibility index (Phi) is 2.67. The number of aliphatic hydroxyl groups excluding tert-OH is 1. The number of β-lactam (4-membered cyclic amide) rings is 1. The maximum absolute atomic E-state index is 12.0. The van der Waals surface area contributed by atoms with Crippen molar-refractivity contribution in [1.82, 2.24) is 4.90 Å². The number of rotatable bonds is 2. The van der Waals surface area contributed by atoms with Crippen LogP contribution in [0, 0.1) is 11.8 Å². The summed E-state index contributed by atoms with van der Waals surface area (Å²) in [7, 11) is 0. The quantitative estimate of drug-likeness (QED) is 0.720. The van der Waals surface area contributed by atoms with Crippen molar-refractivity contribution in [2.75, 3.05) is 5.75 Å². The summed E-state index contributed by atoms with van der Waals surface area (Å²) in [5.41, 5.74) is 0.164. The maximum atomic E-state index is 12.0. The third kappa shape index (κ3) is 1.39. The third-order valence-electron chi connectivity index (χ3n) is 4.05. The van der Waals surface area contributed by atoms with Gasteiger partial charge >= 0.3 is 5.97 Å². The Morgan fingerprint density at radius 1 is 1.56 bits per heavy atom. The second kappa shape index (κ2) is 3.99. The van der Waals surface area contributed by atoms with Gasteiger partial charge in [0, 0.05) is 10.8 Å². The Morgan fingerprint density at radius 2 is 2.28 bits per heavy atom. The van der Waals surface area contributed by atoms with E-state index in [2.05, 4.69) is 0 Å². The van der Waals surface area contributed by atoms with Crippen molar-refractivity contribution in [3.63, 3.8) is 0 Å². The van der Waals surface area contributed by atoms with E-state index in [1.165, 1.54) is 4.90 Å². The molecule has 2 saturated heterocycles. The molecule has 98 valence electrons. The van der Waals surface area contributed by atoms with Crippen molar-refractivity contribution in [3.05, 3.63) is 10.6 Å². The predicted molar refractivity (Wildman–Crippen MR) is 65.6 cm³/mol. The van der Waals surface area contributed by atoms with E-state index >= 15 is 0 Å². The number of aliphatic hydroxyl groups is 1. The normalized spacial score (nSPS) is 36.0. The van der Waals surface area contributed by atoms with Gasteiger partial charge < -0.3 is 15.1 Å². The van der Waals surface area contributed by atoms with Crippen molar-refractivity contribution >= 4 is 23.6 Å². The second-order valence-corrected chi connectivity index (χ2v) is 6.22. The number of thioether (sulfide) groups is 1. The van der Waals surface area contributed by atoms with E-state index in [1.54, 1.807) is 18.7 Å². The van der Waals surface area contributed by atoms with Gasteiger partial charge in [-0.25, -0.2) is 4.79 Å². The molecule has 2 fully saturated rings. The molecule has 0 spiro atoms. The number of carbonyl (C=O) groups excluding carboxylic acids is 1. The van der Waals surface area contributed by atoms with Crippen molar-refractivity contribution in [3.8, 4) is 0 Å². The molecule has 0 aromatic carbocycles. The minimum absolute atomic E-state index is 0.118. The zero-order chi connectivity index (χ0) is 13.0. The monoisotopic (exact) mass is 269 g/mol. The summed E-state index contributed by atoms with van der Waals surface area (Å²) in [5.74, 6) is -0.664. The van der Waals surface area contributed by atoms with Crippen LogP contribution in [-0.2, 0) is 9.59 Å². The summed E-state index contributed by atoms with van der Waals surface area (Å²) in [6, 6.07) is -0.133. The molecule has 3 rings (SSSR count). The lowest BCUT2D eigenvalue weighted by Crippen LogP contribution is -2.63. The SMILES string of the molecule is C[C@@H](O)[C@H]1C(=O)N2C(C(=O)O)=C3SCCCC3[C@H]12. The topological polar surface area (TPSA) is 77.8 Å². The molecule has 3 aliphatic heterocycles. The molecule has 2 N–H and O–H groups in total. The summed E-state index contributed by atoms with van der Waals surface area (Å²) in [5, 5.41) is 19.0. The first-order valence-electron chi connectivity index (χ1n) is 6.15. The fourth-order valence-corrected chi connectivity index (χ4v) is 4.66. The highest BCUT2D eigenvalue weighted by Gasteiger charge is 2.61. The summed E-state index contributed by atoms with van der Waals surface area (Å²) in [4.78, 5) is 25.6. The van der Waals surface area contributed by atoms with E-state index in [0.717, 1.165) is 23.5 Å². The van der Waals surface area contributed by atoms with Crippen LogP contribution >= 0.6 is 11.8 Å². The number of carboxylic acid groups (broad SMARTS) is 1. The predicted octanol–water partition coefficient (Wildman–Crippen LogP) is 0.647. The Bertz CT molecular complexity index is 459. The Balaban J connectivity index is 2.00. The lowest BCUT2D eigenvalue weighted by atomic mass is 9.77. The van der Waals surface area contributed by atoms with Crippen LogP contribution in [0.25, 0.3) is 0 Å². The van der Waals surface area contributed by atoms with Gasteiger partial charge in [-0.2, -0.15) is 0 Å². The summed E-state index contributed by atoms with van der Waals surface area (Å²) in [6.07, 6.45) is 1.24. The zero-order valence-corrected chi connectivity index (χ0v) is 10.8. The smallest absolute Gasteiger partial charge is 0.353 e. The lowest BCUT2D eigenvalue weighted by molar-refractivity contribution is -0.163. The van der Waals surface area contributed by atoms with Crippen LogP contribution in [0.2, 0.25) is 0 Å². The number of fused-ring (bicyclic) bond motifs is 3. The van der Waals surface area contributed by atoms with E-state index in [9.17, 15) is 19.8 Å². The van der Waals surface area contributed by atoms with Gasteiger partial charge in [0.15, 0.2) is 0 Å². The van der Waals surface area contributed by atoms with Crippen molar-refractivity contribution in [1.29, 1.82) is 0 Å². The molecule has 0 saturated carbocycles. The summed E-state index contributed by atoms with van der Waals surface area (Å²) >= 11 is 1.56. The molecule has 3 aliphatic rings. The van der Waals surface area contributed by atoms with E-state index < -0.39 is 18.0 Å². The fourth-order valence-electron chi connectivity index (χ4n) is 3.33. The van der Waals surface area contributed by atoms with Crippen LogP contribution in [0.15, 0.2) is 10.6 Å². The second-order valence-electron chi connectivity index (χ2n) is 5.08. The molecule has 6 heteroatoms. The average molecular weight is 269 g/mol. The number of hydrogen-bond acceptors (Lipinski definition) is 4. The van der Waals surface area contributed by atoms with E-state index in [0.29, 0.717) is 0 Å². The third-order valence-corrected chi connectivity index (χ3v) is 5.35. The van der Waals surface area contributed by atoms with Gasteiger partial charge in [0.2, 0.25) is 5.91 Å². The Morgan fingerprint density at radius 3 is 2.89 bits per heavy atom. The van der Waals surface area contributed by atoms with Crippen LogP contribution in [0.4, 0.5) is 0 Å². The van der Waals surface area contributed by atoms with Gasteiger partial charge in [-0.3, -0.25) is 4.79 Å². The van der Waals surface area contributed by atoms with Gasteiger partial charge in [0.05, 0.1) is 18.1 Å². The number of carbonyl (C=O) groups is 2. The minimum Gasteiger partial charge on any atom is -0.477 e. The molecule has 0 radical (unpaired) electrons. The molecule has 0 aromatic heterocycles. The number of amides is 1. The van der Waals surface area contributed by atoms with Crippen LogP contribution in [-0.4, -0.2) is 44.9 Å². The molecule has 4 atom stereocenters. The Labute approximate surface area is 109 Å². The van der Waals surface area contributed by atoms with Crippen LogP contribution < -0.4 is 0 Å². The first-order chi connectivity index (χ1) is 8.54. The highest BCUT2D eigenvalue weighted by Crippen LogP contribution is 2.54. The Hall–Kier alpha value is -1.01. The zero-order valence-electron chi connectivity index (χ0n) is 10.00. The standard InChI is InChI=1S/C12H15NO4S/c1-5(14)7-8-6-3-2-4-18-10(6)9(12(16)17)13(8)11(7)15/h5-8,14H,2-4H2,1H3,(H,16,17)/t5-,6?,7-,8-/m1/s1. The maximum Gasteiger partial charge on any atom is 0.353 e. The first kappa shape index (κ1) is 12.0. The molecule has 18 heavy (non-hydrogen) atoms. The van der Waals surface area contributed by atoms with Gasteiger partial charge in [0.1, 0.15) is 5.70 Å². The van der Waals surface area contributed by atoms with Gasteiger partial charge in [-0.1, -0.05) is 0 Å². The van der Waals surface area contributed by atoms with Crippen molar-refractivity contribution in [2.45, 2.75) is 31.9 Å². The summed E-state index contributed by atoms with van der Waals surface area (Å²) in [6.45, 7) is 1.61. The molecule has 1 unspecified atom stereocenters. The minimum atomic E-state index is -1.02. The van der Waals surface area contributed by atoms with E-state index in [1.807, 2.05) is 0 Å². The van der Waals surface area contributed by atoms with Gasteiger partial charge in [-0.15, -0.1) is 11.8 Å². The van der Waals surface area contributed by atoms with Crippen molar-refractivity contribution < 1.29 is 19.8 Å². The number of hydrogen-bond donors (Lipinski definition) is 2. The highest BCUT2D eigenvalue weighted by molar-refractivity contribution is 8.03. The lowest BCUT2D eigenvalue weighted by Gasteiger charge is -2.47. The molecular formula is C12H15NO4S. The van der Waals surface area contributed by atoms with Crippen molar-refractivity contribution in [2.24, 2.45) is 11.8 Å². The molecule has 3 heterocycles. The van der Waals surface area contributed by atoms with Gasteiger partial charge in [0.25, 0.3) is 0 Å². The molecule has 5 nitrogen and oxygen atoms in total. The fraction of sp³-hybridized carbons (Fsp3) is 0.667. The van der Waals surface area contributed by atoms with Crippen LogP contribution in [0.1, 0.15) is 19.8 Å². The van der Waals surface area contributed by atoms with E-state index in [-0.39, 0.29) is 23.6 Å². The average Bonchev–Trinajstić information content (AvgIpc) is 2.60. The molecule has 0 aliphatic carbocycles. The summed E-state index contributed by atoms with van der Waals surface area (Å²) < 4.78 is 0. The number of aliphatic carboxylic acids is 1. The van der Waals surface area contributed by atoms with Gasteiger partial charge in [-0.05, 0) is 25.5 Å².